The summed E-state index contributed by atoms with van der Waals surface area (Å²) in [6.45, 7) is 17.5. The van der Waals surface area contributed by atoms with E-state index < -0.39 is 0 Å². The number of aromatic nitrogens is 5. The number of unbranched alkanes of at least 4 members (excludes halogenated alkanes) is 1. The van der Waals surface area contributed by atoms with Gasteiger partial charge >= 0.3 is 0 Å². The Kier molecular flexibility index (Phi) is 12.7. The predicted octanol–water partition coefficient (Wildman–Crippen LogP) is 6.54. The molecule has 3 N–H and O–H groups in total. The third kappa shape index (κ3) is 9.75. The Balaban J connectivity index is 0.00000262. The second-order valence-corrected chi connectivity index (χ2v) is 15.6. The fourth-order valence-corrected chi connectivity index (χ4v) is 7.30. The van der Waals surface area contributed by atoms with Crippen LogP contribution >= 0.6 is 0 Å². The molecule has 2 aliphatic heterocycles. The highest BCUT2D eigenvalue weighted by Crippen LogP contribution is 2.30. The number of carbonyl (C=O) groups is 3. The van der Waals surface area contributed by atoms with Crippen molar-refractivity contribution in [2.45, 2.75) is 96.6 Å². The number of piperidine rings is 2. The molecule has 0 bridgehead atoms. The molecule has 3 amide bonds. The standard InChI is InChI=1S/C41H49N9O4.C2H4/c1-26-21-30(8-9-31(26)23-42-39(53)37-47-40(54-48-37)41(2,3)4)36-34-22-27(24-50(34)44-25-43-36)7-5-6-18-49-19-16-29(17-20-49)28-10-12-32(13-11-28)45-33-14-15-35(51)46-38(33)52;1-2/h8-13,21-22,24-25,29,33,45H,5-7,14-20,23H2,1-4H3,(H,42,53)(H,46,51,52);1-2H2. The van der Waals surface area contributed by atoms with Crippen molar-refractivity contribution in [3.05, 3.63) is 108 Å². The number of aryl methyl sites for hydroxylation is 2. The van der Waals surface area contributed by atoms with Gasteiger partial charge in [0.15, 0.2) is 0 Å². The second-order valence-electron chi connectivity index (χ2n) is 15.6. The van der Waals surface area contributed by atoms with Gasteiger partial charge in [0.25, 0.3) is 11.7 Å². The van der Waals surface area contributed by atoms with Crippen LogP contribution in [0.1, 0.15) is 104 Å². The lowest BCUT2D eigenvalue weighted by Crippen LogP contribution is -2.47. The summed E-state index contributed by atoms with van der Waals surface area (Å²) in [5.74, 6) is 0.180. The maximum atomic E-state index is 12.7. The van der Waals surface area contributed by atoms with Crippen LogP contribution in [0, 0.1) is 6.92 Å². The molecule has 2 aliphatic rings. The highest BCUT2D eigenvalue weighted by molar-refractivity contribution is 6.01. The molecule has 5 heterocycles. The Bertz CT molecular complexity index is 2140. The number of likely N-dealkylation sites (tertiary alicyclic amines) is 1. The lowest BCUT2D eigenvalue weighted by atomic mass is 9.89. The summed E-state index contributed by atoms with van der Waals surface area (Å²) >= 11 is 0. The first-order chi connectivity index (χ1) is 27.0. The van der Waals surface area contributed by atoms with Gasteiger partial charge in [0.05, 0.1) is 11.2 Å². The van der Waals surface area contributed by atoms with Gasteiger partial charge in [0.1, 0.15) is 12.4 Å². The van der Waals surface area contributed by atoms with Gasteiger partial charge < -0.3 is 20.1 Å². The Morgan fingerprint density at radius 2 is 1.79 bits per heavy atom. The first-order valence-corrected chi connectivity index (χ1v) is 19.5. The van der Waals surface area contributed by atoms with Crippen LogP contribution in [0.5, 0.6) is 0 Å². The van der Waals surface area contributed by atoms with E-state index in [-0.39, 0.29) is 35.0 Å². The van der Waals surface area contributed by atoms with Crippen LogP contribution in [0.2, 0.25) is 0 Å². The smallest absolute Gasteiger partial charge is 0.292 e. The molecule has 3 aromatic heterocycles. The first kappa shape index (κ1) is 40.0. The van der Waals surface area contributed by atoms with Crippen molar-refractivity contribution in [2.24, 2.45) is 0 Å². The normalized spacial score (nSPS) is 16.6. The molecule has 2 aromatic carbocycles. The molecule has 1 atom stereocenters. The van der Waals surface area contributed by atoms with Gasteiger partial charge in [-0.05, 0) is 118 Å². The van der Waals surface area contributed by atoms with Crippen molar-refractivity contribution >= 4 is 28.9 Å². The number of nitrogens with zero attached hydrogens (tertiary/aromatic N) is 6. The SMILES string of the molecule is C=C.Cc1cc(-c2ncnn3cc(CCCCN4CCC(c5ccc(NC6CCC(=O)NC6=O)cc5)CC4)cc23)ccc1CNC(=O)c1noc(C(C)(C)C)n1. The lowest BCUT2D eigenvalue weighted by Gasteiger charge is -2.32. The lowest BCUT2D eigenvalue weighted by molar-refractivity contribution is -0.133. The molecule has 0 radical (unpaired) electrons. The van der Waals surface area contributed by atoms with Gasteiger partial charge in [-0.25, -0.2) is 9.50 Å². The van der Waals surface area contributed by atoms with E-state index in [4.69, 9.17) is 4.52 Å². The minimum Gasteiger partial charge on any atom is -0.374 e. The van der Waals surface area contributed by atoms with E-state index in [1.165, 1.54) is 11.1 Å². The van der Waals surface area contributed by atoms with Crippen molar-refractivity contribution in [1.82, 2.24) is 40.3 Å². The van der Waals surface area contributed by atoms with E-state index in [9.17, 15) is 14.4 Å². The monoisotopic (exact) mass is 759 g/mol. The molecular weight excluding hydrogens is 707 g/mol. The van der Waals surface area contributed by atoms with Crippen LogP contribution in [0.3, 0.4) is 0 Å². The van der Waals surface area contributed by atoms with Crippen molar-refractivity contribution in [3.63, 3.8) is 0 Å². The zero-order valence-corrected chi connectivity index (χ0v) is 32.9. The number of fused-ring (bicyclic) bond motifs is 1. The summed E-state index contributed by atoms with van der Waals surface area (Å²) in [6, 6.07) is 16.4. The number of hydrogen-bond donors (Lipinski definition) is 3. The van der Waals surface area contributed by atoms with Crippen molar-refractivity contribution in [1.29, 1.82) is 0 Å². The number of hydrogen-bond acceptors (Lipinski definition) is 10. The first-order valence-electron chi connectivity index (χ1n) is 19.5. The quantitative estimate of drug-likeness (QED) is 0.0725. The zero-order chi connectivity index (χ0) is 39.8. The van der Waals surface area contributed by atoms with Crippen LogP contribution in [-0.4, -0.2) is 73.0 Å². The predicted molar refractivity (Wildman–Crippen MR) is 216 cm³/mol. The molecule has 7 rings (SSSR count). The molecule has 2 fully saturated rings. The summed E-state index contributed by atoms with van der Waals surface area (Å²) < 4.78 is 7.18. The molecule has 13 nitrogen and oxygen atoms in total. The van der Waals surface area contributed by atoms with Gasteiger partial charge in [-0.2, -0.15) is 10.1 Å². The summed E-state index contributed by atoms with van der Waals surface area (Å²) in [5.41, 5.74) is 8.05. The molecule has 1 unspecified atom stereocenters. The van der Waals surface area contributed by atoms with Gasteiger partial charge in [0, 0.05) is 35.8 Å². The van der Waals surface area contributed by atoms with Gasteiger partial charge in [-0.3, -0.25) is 19.7 Å². The molecule has 13 heteroatoms. The van der Waals surface area contributed by atoms with Crippen LogP contribution in [0.25, 0.3) is 16.8 Å². The van der Waals surface area contributed by atoms with Gasteiger partial charge in [0.2, 0.25) is 17.7 Å². The van der Waals surface area contributed by atoms with Gasteiger partial charge in [-0.15, -0.1) is 13.2 Å². The van der Waals surface area contributed by atoms with Crippen LogP contribution in [0.15, 0.2) is 78.7 Å². The number of carbonyl (C=O) groups excluding carboxylic acids is 3. The third-order valence-electron chi connectivity index (χ3n) is 10.5. The third-order valence-corrected chi connectivity index (χ3v) is 10.5. The number of anilines is 1. The van der Waals surface area contributed by atoms with E-state index >= 15 is 0 Å². The Hall–Kier alpha value is -5.69. The van der Waals surface area contributed by atoms with E-state index in [2.05, 4.69) is 96.8 Å². The molecule has 5 aromatic rings. The van der Waals surface area contributed by atoms with E-state index in [0.29, 0.717) is 31.2 Å². The number of amides is 3. The minimum atomic E-state index is -0.372. The van der Waals surface area contributed by atoms with Crippen LogP contribution < -0.4 is 16.0 Å². The zero-order valence-electron chi connectivity index (χ0n) is 32.9. The molecule has 294 valence electrons. The second kappa shape index (κ2) is 17.8. The number of nitrogens with one attached hydrogen (secondary N) is 3. The summed E-state index contributed by atoms with van der Waals surface area (Å²) in [7, 11) is 0. The fourth-order valence-electron chi connectivity index (χ4n) is 7.30. The molecule has 2 saturated heterocycles. The molecule has 0 spiro atoms. The maximum Gasteiger partial charge on any atom is 0.292 e. The van der Waals surface area contributed by atoms with Crippen molar-refractivity contribution < 1.29 is 18.9 Å². The molecule has 0 saturated carbocycles. The Morgan fingerprint density at radius 1 is 1.02 bits per heavy atom. The average Bonchev–Trinajstić information content (AvgIpc) is 3.87. The van der Waals surface area contributed by atoms with E-state index in [0.717, 1.165) is 85.3 Å². The van der Waals surface area contributed by atoms with Crippen molar-refractivity contribution in [2.75, 3.05) is 25.0 Å². The van der Waals surface area contributed by atoms with E-state index in [1.54, 1.807) is 6.33 Å². The minimum absolute atomic E-state index is 0.0328. The van der Waals surface area contributed by atoms with Gasteiger partial charge in [-0.1, -0.05) is 50.2 Å². The number of benzene rings is 2. The average molecular weight is 760 g/mol. The van der Waals surface area contributed by atoms with Crippen LogP contribution in [0.4, 0.5) is 5.69 Å². The highest BCUT2D eigenvalue weighted by atomic mass is 16.5. The van der Waals surface area contributed by atoms with Crippen molar-refractivity contribution in [3.8, 4) is 11.3 Å². The summed E-state index contributed by atoms with van der Waals surface area (Å²) in [6.07, 6.45) is 10.1. The van der Waals surface area contributed by atoms with E-state index in [1.807, 2.05) is 44.3 Å². The fraction of sp³-hybridized carbons (Fsp3) is 0.419. The molecular formula is C43H53N9O4. The van der Waals surface area contributed by atoms with Crippen LogP contribution in [-0.2, 0) is 28.0 Å². The number of rotatable bonds is 12. The topological polar surface area (TPSA) is 160 Å². The highest BCUT2D eigenvalue weighted by Gasteiger charge is 2.27. The number of imide groups is 1. The molecule has 56 heavy (non-hydrogen) atoms. The summed E-state index contributed by atoms with van der Waals surface area (Å²) in [4.78, 5) is 47.7. The Morgan fingerprint density at radius 3 is 2.48 bits per heavy atom. The summed E-state index contributed by atoms with van der Waals surface area (Å²) in [5, 5.41) is 16.9. The largest absolute Gasteiger partial charge is 0.374 e. The Labute approximate surface area is 328 Å². The molecule has 0 aliphatic carbocycles. The maximum absolute atomic E-state index is 12.7.